The van der Waals surface area contributed by atoms with Crippen LogP contribution in [-0.4, -0.2) is 61.5 Å². The van der Waals surface area contributed by atoms with Gasteiger partial charge in [0, 0.05) is 50.4 Å². The van der Waals surface area contributed by atoms with Crippen molar-refractivity contribution in [3.05, 3.63) is 48.2 Å². The van der Waals surface area contributed by atoms with Gasteiger partial charge in [-0.25, -0.2) is 4.98 Å². The molecule has 3 heterocycles. The predicted octanol–water partition coefficient (Wildman–Crippen LogP) is 2.60. The third kappa shape index (κ3) is 4.56. The van der Waals surface area contributed by atoms with Gasteiger partial charge in [-0.2, -0.15) is 0 Å². The number of amides is 2. The molecule has 2 amide bonds. The maximum Gasteiger partial charge on any atom is 0.255 e. The van der Waals surface area contributed by atoms with Crippen LogP contribution in [0.15, 0.2) is 42.6 Å². The van der Waals surface area contributed by atoms with E-state index in [9.17, 15) is 9.59 Å². The average molecular weight is 393 g/mol. The number of rotatable bonds is 4. The molecule has 7 heteroatoms. The molecule has 2 aromatic rings. The zero-order chi connectivity index (χ0) is 20.2. The van der Waals surface area contributed by atoms with Gasteiger partial charge in [-0.1, -0.05) is 0 Å². The lowest BCUT2D eigenvalue weighted by Crippen LogP contribution is -2.44. The first-order chi connectivity index (χ1) is 14.1. The summed E-state index contributed by atoms with van der Waals surface area (Å²) in [6.45, 7) is 4.72. The fourth-order valence-corrected chi connectivity index (χ4v) is 3.76. The molecular weight excluding hydrogens is 366 g/mol. The number of hydrogen-bond acceptors (Lipinski definition) is 5. The summed E-state index contributed by atoms with van der Waals surface area (Å²) in [6.07, 6.45) is 4.27. The van der Waals surface area contributed by atoms with Gasteiger partial charge in [-0.15, -0.1) is 0 Å². The Balaban J connectivity index is 1.37. The highest BCUT2D eigenvalue weighted by Crippen LogP contribution is 2.22. The molecule has 152 valence electrons. The minimum Gasteiger partial charge on any atom is -0.354 e. The van der Waals surface area contributed by atoms with E-state index < -0.39 is 0 Å². The summed E-state index contributed by atoms with van der Waals surface area (Å²) < 4.78 is 0. The van der Waals surface area contributed by atoms with Gasteiger partial charge in [0.1, 0.15) is 5.82 Å². The molecule has 2 aliphatic rings. The molecule has 0 aliphatic carbocycles. The Morgan fingerprint density at radius 2 is 1.72 bits per heavy atom. The minimum absolute atomic E-state index is 0.153. The van der Waals surface area contributed by atoms with E-state index in [0.29, 0.717) is 17.7 Å². The summed E-state index contributed by atoms with van der Waals surface area (Å²) in [5.41, 5.74) is 2.08. The molecule has 1 N–H and O–H groups in total. The molecule has 0 atom stereocenters. The van der Waals surface area contributed by atoms with Crippen LogP contribution in [0.25, 0.3) is 0 Å². The molecule has 0 unspecified atom stereocenters. The van der Waals surface area contributed by atoms with Crippen LogP contribution in [0.3, 0.4) is 0 Å². The Labute approximate surface area is 171 Å². The van der Waals surface area contributed by atoms with Crippen molar-refractivity contribution in [2.24, 2.45) is 0 Å². The van der Waals surface area contributed by atoms with E-state index in [-0.39, 0.29) is 11.8 Å². The molecule has 7 nitrogen and oxygen atoms in total. The van der Waals surface area contributed by atoms with Crippen LogP contribution in [-0.2, 0) is 4.79 Å². The number of aromatic nitrogens is 1. The summed E-state index contributed by atoms with van der Waals surface area (Å²) in [6, 6.07) is 11.0. The lowest BCUT2D eigenvalue weighted by atomic mass is 10.1. The maximum atomic E-state index is 12.6. The summed E-state index contributed by atoms with van der Waals surface area (Å²) in [5, 5.41) is 2.89. The van der Waals surface area contributed by atoms with Gasteiger partial charge in [0.25, 0.3) is 5.91 Å². The molecule has 4 rings (SSSR count). The zero-order valence-electron chi connectivity index (χ0n) is 16.8. The zero-order valence-corrected chi connectivity index (χ0v) is 16.8. The molecule has 2 fully saturated rings. The number of carbonyl (C=O) groups is 2. The van der Waals surface area contributed by atoms with E-state index in [1.165, 1.54) is 0 Å². The van der Waals surface area contributed by atoms with Crippen molar-refractivity contribution < 1.29 is 9.59 Å². The number of nitrogens with one attached hydrogen (secondary N) is 1. The van der Waals surface area contributed by atoms with E-state index in [2.05, 4.69) is 27.1 Å². The lowest BCUT2D eigenvalue weighted by molar-refractivity contribution is -0.119. The highest BCUT2D eigenvalue weighted by Gasteiger charge is 2.20. The number of pyridine rings is 1. The minimum atomic E-state index is -0.185. The van der Waals surface area contributed by atoms with Crippen LogP contribution >= 0.6 is 0 Å². The van der Waals surface area contributed by atoms with E-state index in [0.717, 1.165) is 57.1 Å². The van der Waals surface area contributed by atoms with Gasteiger partial charge in [0.15, 0.2) is 0 Å². The van der Waals surface area contributed by atoms with Gasteiger partial charge >= 0.3 is 0 Å². The number of benzene rings is 1. The van der Waals surface area contributed by atoms with Crippen LogP contribution in [0.2, 0.25) is 0 Å². The number of piperidine rings is 1. The second-order valence-electron chi connectivity index (χ2n) is 7.70. The normalized spacial score (nSPS) is 18.0. The fourth-order valence-electron chi connectivity index (χ4n) is 3.76. The van der Waals surface area contributed by atoms with Crippen molar-refractivity contribution in [2.75, 3.05) is 54.9 Å². The highest BCUT2D eigenvalue weighted by atomic mass is 16.2. The standard InChI is InChI=1S/C22H27N5O2/c1-25-12-14-26(15-13-25)20-10-7-18(16-23-20)24-22(29)17-5-8-19(9-6-17)27-11-3-2-4-21(27)28/h5-10,16H,2-4,11-15H2,1H3,(H,24,29). The maximum absolute atomic E-state index is 12.6. The predicted molar refractivity (Wildman–Crippen MR) is 115 cm³/mol. The molecule has 29 heavy (non-hydrogen) atoms. The number of hydrogen-bond donors (Lipinski definition) is 1. The third-order valence-electron chi connectivity index (χ3n) is 5.60. The van der Waals surface area contributed by atoms with Gasteiger partial charge in [0.2, 0.25) is 5.91 Å². The summed E-state index contributed by atoms with van der Waals surface area (Å²) in [4.78, 5) is 35.5. The van der Waals surface area contributed by atoms with Crippen LogP contribution < -0.4 is 15.1 Å². The monoisotopic (exact) mass is 393 g/mol. The van der Waals surface area contributed by atoms with Crippen LogP contribution in [0.5, 0.6) is 0 Å². The summed E-state index contributed by atoms with van der Waals surface area (Å²) in [5.74, 6) is 0.905. The van der Waals surface area contributed by atoms with Gasteiger partial charge in [-0.05, 0) is 56.3 Å². The number of nitrogens with zero attached hydrogens (tertiary/aromatic N) is 4. The summed E-state index contributed by atoms with van der Waals surface area (Å²) >= 11 is 0. The second-order valence-corrected chi connectivity index (χ2v) is 7.70. The van der Waals surface area contributed by atoms with Crippen LogP contribution in [0.4, 0.5) is 17.2 Å². The largest absolute Gasteiger partial charge is 0.354 e. The third-order valence-corrected chi connectivity index (χ3v) is 5.60. The molecule has 1 aromatic heterocycles. The first-order valence-corrected chi connectivity index (χ1v) is 10.2. The second kappa shape index (κ2) is 8.61. The fraction of sp³-hybridized carbons (Fsp3) is 0.409. The first kappa shape index (κ1) is 19.4. The van der Waals surface area contributed by atoms with Crippen LogP contribution in [0.1, 0.15) is 29.6 Å². The SMILES string of the molecule is CN1CCN(c2ccc(NC(=O)c3ccc(N4CCCCC4=O)cc3)cn2)CC1. The Morgan fingerprint density at radius 1 is 0.966 bits per heavy atom. The number of anilines is 3. The molecule has 2 aliphatic heterocycles. The molecule has 1 aromatic carbocycles. The van der Waals surface area contributed by atoms with Crippen molar-refractivity contribution in [2.45, 2.75) is 19.3 Å². The number of piperazine rings is 1. The first-order valence-electron chi connectivity index (χ1n) is 10.2. The van der Waals surface area contributed by atoms with E-state index >= 15 is 0 Å². The Morgan fingerprint density at radius 3 is 2.38 bits per heavy atom. The van der Waals surface area contributed by atoms with Crippen molar-refractivity contribution in [1.29, 1.82) is 0 Å². The molecule has 0 spiro atoms. The van der Waals surface area contributed by atoms with Gasteiger partial charge < -0.3 is 20.0 Å². The Kier molecular flexibility index (Phi) is 5.76. The molecular formula is C22H27N5O2. The lowest BCUT2D eigenvalue weighted by Gasteiger charge is -2.33. The topological polar surface area (TPSA) is 68.8 Å². The van der Waals surface area contributed by atoms with Gasteiger partial charge in [-0.3, -0.25) is 9.59 Å². The van der Waals surface area contributed by atoms with E-state index in [1.807, 2.05) is 24.3 Å². The van der Waals surface area contributed by atoms with Crippen molar-refractivity contribution in [3.63, 3.8) is 0 Å². The smallest absolute Gasteiger partial charge is 0.255 e. The van der Waals surface area contributed by atoms with Crippen LogP contribution in [0, 0.1) is 0 Å². The van der Waals surface area contributed by atoms with E-state index in [4.69, 9.17) is 0 Å². The quantitative estimate of drug-likeness (QED) is 0.865. The Hall–Kier alpha value is -2.93. The van der Waals surface area contributed by atoms with Crippen molar-refractivity contribution >= 4 is 29.0 Å². The molecule has 0 bridgehead atoms. The highest BCUT2D eigenvalue weighted by molar-refractivity contribution is 6.04. The molecule has 0 saturated carbocycles. The van der Waals surface area contributed by atoms with Crippen molar-refractivity contribution in [1.82, 2.24) is 9.88 Å². The average Bonchev–Trinajstić information content (AvgIpc) is 2.75. The Bertz CT molecular complexity index is 858. The number of likely N-dealkylation sites (N-methyl/N-ethyl adjacent to an activating group) is 1. The molecule has 2 saturated heterocycles. The van der Waals surface area contributed by atoms with Gasteiger partial charge in [0.05, 0.1) is 11.9 Å². The van der Waals surface area contributed by atoms with Crippen molar-refractivity contribution in [3.8, 4) is 0 Å². The van der Waals surface area contributed by atoms with E-state index in [1.54, 1.807) is 23.2 Å². The molecule has 0 radical (unpaired) electrons. The summed E-state index contributed by atoms with van der Waals surface area (Å²) in [7, 11) is 2.13. The number of carbonyl (C=O) groups excluding carboxylic acids is 2.